The summed E-state index contributed by atoms with van der Waals surface area (Å²) in [5.41, 5.74) is 7.57. The fourth-order valence-corrected chi connectivity index (χ4v) is 2.06. The van der Waals surface area contributed by atoms with E-state index in [0.717, 1.165) is 24.7 Å². The summed E-state index contributed by atoms with van der Waals surface area (Å²) in [5, 5.41) is 11.7. The van der Waals surface area contributed by atoms with Crippen molar-refractivity contribution in [3.8, 4) is 0 Å². The zero-order valence-electron chi connectivity index (χ0n) is 10.1. The number of rotatable bonds is 5. The predicted molar refractivity (Wildman–Crippen MR) is 68.1 cm³/mol. The van der Waals surface area contributed by atoms with E-state index >= 15 is 0 Å². The summed E-state index contributed by atoms with van der Waals surface area (Å²) in [7, 11) is 0. The van der Waals surface area contributed by atoms with Gasteiger partial charge in [0.1, 0.15) is 0 Å². The first kappa shape index (κ1) is 11.9. The second-order valence-electron chi connectivity index (χ2n) is 4.48. The Bertz CT molecular complexity index is 413. The van der Waals surface area contributed by atoms with Gasteiger partial charge in [0.25, 0.3) is 0 Å². The molecule has 0 aliphatic heterocycles. The third-order valence-electron chi connectivity index (χ3n) is 3.19. The van der Waals surface area contributed by atoms with E-state index in [4.69, 9.17) is 10.9 Å². The van der Waals surface area contributed by atoms with Gasteiger partial charge in [-0.05, 0) is 31.0 Å². The quantitative estimate of drug-likeness (QED) is 0.352. The van der Waals surface area contributed by atoms with Crippen molar-refractivity contribution in [2.45, 2.75) is 32.4 Å². The Hall–Kier alpha value is -1.55. The molecule has 4 heteroatoms. The van der Waals surface area contributed by atoms with Crippen LogP contribution in [0.1, 0.15) is 30.9 Å². The molecule has 0 amide bonds. The molecule has 0 atom stereocenters. The lowest BCUT2D eigenvalue weighted by Crippen LogP contribution is -2.25. The zero-order valence-corrected chi connectivity index (χ0v) is 10.1. The van der Waals surface area contributed by atoms with E-state index in [9.17, 15) is 0 Å². The Morgan fingerprint density at radius 1 is 1.53 bits per heavy atom. The number of benzene rings is 1. The molecule has 1 aromatic carbocycles. The SMILES string of the molecule is CCN(Cc1cccc(/C(N)=N/O)c1)C1CC1. The van der Waals surface area contributed by atoms with E-state index in [-0.39, 0.29) is 5.84 Å². The topological polar surface area (TPSA) is 61.8 Å². The van der Waals surface area contributed by atoms with Crippen LogP contribution in [0.5, 0.6) is 0 Å². The van der Waals surface area contributed by atoms with Crippen molar-refractivity contribution in [2.75, 3.05) is 6.54 Å². The fraction of sp³-hybridized carbons (Fsp3) is 0.462. The van der Waals surface area contributed by atoms with Crippen LogP contribution in [0.3, 0.4) is 0 Å². The summed E-state index contributed by atoms with van der Waals surface area (Å²) < 4.78 is 0. The van der Waals surface area contributed by atoms with Crippen LogP contribution < -0.4 is 5.73 Å². The van der Waals surface area contributed by atoms with Crippen LogP contribution in [0, 0.1) is 0 Å². The number of hydrogen-bond acceptors (Lipinski definition) is 3. The van der Waals surface area contributed by atoms with E-state index in [1.54, 1.807) is 0 Å². The number of hydrogen-bond donors (Lipinski definition) is 2. The molecular formula is C13H19N3O. The van der Waals surface area contributed by atoms with Gasteiger partial charge in [-0.3, -0.25) is 4.90 Å². The highest BCUT2D eigenvalue weighted by Gasteiger charge is 2.27. The van der Waals surface area contributed by atoms with E-state index in [1.807, 2.05) is 18.2 Å². The average Bonchev–Trinajstić information content (AvgIpc) is 3.19. The molecule has 1 aliphatic carbocycles. The van der Waals surface area contributed by atoms with Gasteiger partial charge in [0.05, 0.1) is 0 Å². The minimum absolute atomic E-state index is 0.168. The Morgan fingerprint density at radius 3 is 2.88 bits per heavy atom. The lowest BCUT2D eigenvalue weighted by atomic mass is 10.1. The summed E-state index contributed by atoms with van der Waals surface area (Å²) in [6, 6.07) is 8.63. The van der Waals surface area contributed by atoms with E-state index < -0.39 is 0 Å². The molecule has 0 bridgehead atoms. The second kappa shape index (κ2) is 5.19. The minimum atomic E-state index is 0.168. The van der Waals surface area contributed by atoms with E-state index in [1.165, 1.54) is 18.4 Å². The van der Waals surface area contributed by atoms with Crippen molar-refractivity contribution in [3.63, 3.8) is 0 Å². The van der Waals surface area contributed by atoms with Crippen molar-refractivity contribution in [1.29, 1.82) is 0 Å². The van der Waals surface area contributed by atoms with Gasteiger partial charge in [0.2, 0.25) is 0 Å². The fourth-order valence-electron chi connectivity index (χ4n) is 2.06. The molecule has 0 saturated heterocycles. The maximum Gasteiger partial charge on any atom is 0.170 e. The first-order valence-electron chi connectivity index (χ1n) is 6.05. The van der Waals surface area contributed by atoms with Crippen molar-refractivity contribution >= 4 is 5.84 Å². The van der Waals surface area contributed by atoms with E-state index in [0.29, 0.717) is 0 Å². The molecular weight excluding hydrogens is 214 g/mol. The molecule has 4 nitrogen and oxygen atoms in total. The van der Waals surface area contributed by atoms with Crippen molar-refractivity contribution in [2.24, 2.45) is 10.9 Å². The Kier molecular flexibility index (Phi) is 3.64. The molecule has 3 N–H and O–H groups in total. The van der Waals surface area contributed by atoms with Crippen LogP contribution in [-0.4, -0.2) is 28.5 Å². The lowest BCUT2D eigenvalue weighted by Gasteiger charge is -2.20. The standard InChI is InChI=1S/C13H19N3O/c1-2-16(12-6-7-12)9-10-4-3-5-11(8-10)13(14)15-17/h3-5,8,12,17H,2,6-7,9H2,1H3,(H2,14,15). The van der Waals surface area contributed by atoms with Crippen LogP contribution in [0.25, 0.3) is 0 Å². The summed E-state index contributed by atoms with van der Waals surface area (Å²) in [6.07, 6.45) is 2.63. The highest BCUT2D eigenvalue weighted by Crippen LogP contribution is 2.27. The maximum atomic E-state index is 8.66. The Balaban J connectivity index is 2.10. The Labute approximate surface area is 102 Å². The number of nitrogens with zero attached hydrogens (tertiary/aromatic N) is 2. The minimum Gasteiger partial charge on any atom is -0.409 e. The van der Waals surface area contributed by atoms with Crippen molar-refractivity contribution in [1.82, 2.24) is 4.90 Å². The van der Waals surface area contributed by atoms with Gasteiger partial charge in [-0.1, -0.05) is 30.3 Å². The second-order valence-corrected chi connectivity index (χ2v) is 4.48. The number of oxime groups is 1. The smallest absolute Gasteiger partial charge is 0.170 e. The normalized spacial score (nSPS) is 16.5. The molecule has 92 valence electrons. The van der Waals surface area contributed by atoms with Crippen molar-refractivity contribution < 1.29 is 5.21 Å². The highest BCUT2D eigenvalue weighted by molar-refractivity contribution is 5.97. The average molecular weight is 233 g/mol. The van der Waals surface area contributed by atoms with Gasteiger partial charge in [0, 0.05) is 18.2 Å². The molecule has 1 saturated carbocycles. The van der Waals surface area contributed by atoms with Gasteiger partial charge in [0.15, 0.2) is 5.84 Å². The lowest BCUT2D eigenvalue weighted by molar-refractivity contribution is 0.269. The Morgan fingerprint density at radius 2 is 2.29 bits per heavy atom. The largest absolute Gasteiger partial charge is 0.409 e. The van der Waals surface area contributed by atoms with Gasteiger partial charge in [-0.25, -0.2) is 0 Å². The summed E-state index contributed by atoms with van der Waals surface area (Å²) in [5.74, 6) is 0.168. The number of amidine groups is 1. The monoisotopic (exact) mass is 233 g/mol. The molecule has 1 fully saturated rings. The molecule has 17 heavy (non-hydrogen) atoms. The van der Waals surface area contributed by atoms with Crippen molar-refractivity contribution in [3.05, 3.63) is 35.4 Å². The van der Waals surface area contributed by atoms with Crippen LogP contribution >= 0.6 is 0 Å². The van der Waals surface area contributed by atoms with Gasteiger partial charge >= 0.3 is 0 Å². The third-order valence-corrected chi connectivity index (χ3v) is 3.19. The highest BCUT2D eigenvalue weighted by atomic mass is 16.4. The first-order valence-corrected chi connectivity index (χ1v) is 6.05. The summed E-state index contributed by atoms with van der Waals surface area (Å²) >= 11 is 0. The molecule has 0 heterocycles. The van der Waals surface area contributed by atoms with Gasteiger partial charge < -0.3 is 10.9 Å². The predicted octanol–water partition coefficient (Wildman–Crippen LogP) is 1.77. The molecule has 1 aromatic rings. The van der Waals surface area contributed by atoms with Gasteiger partial charge in [-0.15, -0.1) is 0 Å². The molecule has 0 aromatic heterocycles. The molecule has 0 unspecified atom stereocenters. The molecule has 2 rings (SSSR count). The van der Waals surface area contributed by atoms with Crippen LogP contribution in [0.15, 0.2) is 29.4 Å². The van der Waals surface area contributed by atoms with Gasteiger partial charge in [-0.2, -0.15) is 0 Å². The van der Waals surface area contributed by atoms with E-state index in [2.05, 4.69) is 23.0 Å². The molecule has 0 radical (unpaired) electrons. The number of nitrogens with two attached hydrogens (primary N) is 1. The van der Waals surface area contributed by atoms with Crippen LogP contribution in [-0.2, 0) is 6.54 Å². The molecule has 0 spiro atoms. The van der Waals surface area contributed by atoms with Crippen LogP contribution in [0.2, 0.25) is 0 Å². The molecule has 1 aliphatic rings. The summed E-state index contributed by atoms with van der Waals surface area (Å²) in [4.78, 5) is 2.46. The first-order chi connectivity index (χ1) is 8.24. The zero-order chi connectivity index (χ0) is 12.3. The third kappa shape index (κ3) is 2.97. The van der Waals surface area contributed by atoms with Crippen LogP contribution in [0.4, 0.5) is 0 Å². The maximum absolute atomic E-state index is 8.66. The summed E-state index contributed by atoms with van der Waals surface area (Å²) in [6.45, 7) is 4.19.